The fourth-order valence-electron chi connectivity index (χ4n) is 2.63. The molecule has 2 atom stereocenters. The van der Waals surface area contributed by atoms with Gasteiger partial charge in [0.1, 0.15) is 17.3 Å². The molecule has 0 spiro atoms. The first-order valence-electron chi connectivity index (χ1n) is 8.34. The van der Waals surface area contributed by atoms with Crippen LogP contribution in [0.25, 0.3) is 0 Å². The molecule has 1 amide bonds. The molecule has 2 aromatic rings. The molecule has 27 heavy (non-hydrogen) atoms. The molecule has 0 heterocycles. The number of aliphatic carboxylic acids is 1. The Labute approximate surface area is 156 Å². The van der Waals surface area contributed by atoms with Gasteiger partial charge in [0.05, 0.1) is 19.1 Å². The number of carbonyl (C=O) groups excluding carboxylic acids is 1. The van der Waals surface area contributed by atoms with Crippen LogP contribution in [0.4, 0.5) is 4.39 Å². The lowest BCUT2D eigenvalue weighted by Gasteiger charge is -2.31. The van der Waals surface area contributed by atoms with Crippen molar-refractivity contribution in [1.82, 2.24) is 5.32 Å². The fourth-order valence-corrected chi connectivity index (χ4v) is 2.63. The van der Waals surface area contributed by atoms with Crippen LogP contribution in [-0.2, 0) is 15.1 Å². The van der Waals surface area contributed by atoms with E-state index < -0.39 is 29.3 Å². The Kier molecular flexibility index (Phi) is 6.39. The molecule has 0 saturated heterocycles. The molecule has 0 aliphatic carbocycles. The smallest absolute Gasteiger partial charge is 0.306 e. The van der Waals surface area contributed by atoms with E-state index in [2.05, 4.69) is 5.32 Å². The van der Waals surface area contributed by atoms with Crippen LogP contribution < -0.4 is 14.8 Å². The summed E-state index contributed by atoms with van der Waals surface area (Å²) in [6, 6.07) is 12.1. The molecule has 0 aliphatic heterocycles. The monoisotopic (exact) mass is 375 g/mol. The Hall–Kier alpha value is -3.09. The minimum Gasteiger partial charge on any atom is -0.497 e. The number of nitrogens with one attached hydrogen (secondary N) is 1. The average molecular weight is 375 g/mol. The number of hydrogen-bond acceptors (Lipinski definition) is 4. The Morgan fingerprint density at radius 2 is 1.85 bits per heavy atom. The zero-order valence-corrected chi connectivity index (χ0v) is 15.4. The van der Waals surface area contributed by atoms with Crippen molar-refractivity contribution in [3.8, 4) is 11.5 Å². The van der Waals surface area contributed by atoms with Gasteiger partial charge in [-0.25, -0.2) is 4.39 Å². The molecule has 2 N–H and O–H groups in total. The average Bonchev–Trinajstić information content (AvgIpc) is 2.62. The van der Waals surface area contributed by atoms with Gasteiger partial charge in [-0.1, -0.05) is 12.1 Å². The van der Waals surface area contributed by atoms with E-state index in [9.17, 15) is 19.1 Å². The van der Waals surface area contributed by atoms with Gasteiger partial charge in [-0.3, -0.25) is 9.59 Å². The first kappa shape index (κ1) is 20.2. The van der Waals surface area contributed by atoms with Crippen LogP contribution in [0.15, 0.2) is 48.5 Å². The number of methoxy groups -OCH3 is 1. The lowest BCUT2D eigenvalue weighted by molar-refractivity contribution is -0.139. The van der Waals surface area contributed by atoms with Crippen molar-refractivity contribution < 1.29 is 28.6 Å². The molecule has 0 saturated carbocycles. The van der Waals surface area contributed by atoms with Crippen molar-refractivity contribution in [3.05, 3.63) is 59.9 Å². The number of benzene rings is 2. The summed E-state index contributed by atoms with van der Waals surface area (Å²) in [5.74, 6) is -1.08. The first-order chi connectivity index (χ1) is 12.7. The number of carbonyl (C=O) groups is 2. The highest BCUT2D eigenvalue weighted by molar-refractivity contribution is 5.82. The predicted octanol–water partition coefficient (Wildman–Crippen LogP) is 3.11. The van der Waals surface area contributed by atoms with E-state index in [4.69, 9.17) is 9.47 Å². The number of amides is 1. The van der Waals surface area contributed by atoms with Crippen molar-refractivity contribution in [3.63, 3.8) is 0 Å². The molecule has 144 valence electrons. The first-order valence-corrected chi connectivity index (χ1v) is 8.34. The lowest BCUT2D eigenvalue weighted by Crippen LogP contribution is -2.49. The normalized spacial score (nSPS) is 13.9. The quantitative estimate of drug-likeness (QED) is 0.741. The topological polar surface area (TPSA) is 84.9 Å². The minimum absolute atomic E-state index is 0.324. The molecular formula is C20H22FNO5. The molecule has 2 aromatic carbocycles. The molecular weight excluding hydrogens is 353 g/mol. The van der Waals surface area contributed by atoms with Gasteiger partial charge in [0, 0.05) is 0 Å². The molecule has 2 unspecified atom stereocenters. The predicted molar refractivity (Wildman–Crippen MR) is 97.2 cm³/mol. The highest BCUT2D eigenvalue weighted by Gasteiger charge is 2.33. The van der Waals surface area contributed by atoms with Gasteiger partial charge >= 0.3 is 5.97 Å². The second-order valence-corrected chi connectivity index (χ2v) is 6.34. The second-order valence-electron chi connectivity index (χ2n) is 6.34. The molecule has 7 heteroatoms. The number of carboxylic acids is 1. The van der Waals surface area contributed by atoms with Crippen molar-refractivity contribution in [2.24, 2.45) is 0 Å². The summed E-state index contributed by atoms with van der Waals surface area (Å²) in [5.41, 5.74) is -0.579. The van der Waals surface area contributed by atoms with Gasteiger partial charge in [0.2, 0.25) is 0 Å². The van der Waals surface area contributed by atoms with Gasteiger partial charge in [0.15, 0.2) is 6.10 Å². The van der Waals surface area contributed by atoms with Gasteiger partial charge in [-0.15, -0.1) is 0 Å². The molecule has 0 aromatic heterocycles. The summed E-state index contributed by atoms with van der Waals surface area (Å²) < 4.78 is 23.7. The fraction of sp³-hybridized carbons (Fsp3) is 0.300. The minimum atomic E-state index is -1.17. The molecule has 6 nitrogen and oxygen atoms in total. The summed E-state index contributed by atoms with van der Waals surface area (Å²) in [4.78, 5) is 24.0. The van der Waals surface area contributed by atoms with E-state index in [0.717, 1.165) is 0 Å². The maximum absolute atomic E-state index is 13.0. The summed E-state index contributed by atoms with van der Waals surface area (Å²) >= 11 is 0. The van der Waals surface area contributed by atoms with Gasteiger partial charge in [-0.05, 0) is 55.8 Å². The van der Waals surface area contributed by atoms with Crippen LogP contribution in [0.3, 0.4) is 0 Å². The van der Waals surface area contributed by atoms with Gasteiger partial charge < -0.3 is 19.9 Å². The standard InChI is InChI=1S/C20H22FNO5/c1-13(27-16-9-7-15(21)8-10-16)19(25)22-20(2,12-18(23)24)14-5-4-6-17(11-14)26-3/h4-11,13H,12H2,1-3H3,(H,22,25)(H,23,24). The van der Waals surface area contributed by atoms with Crippen LogP contribution in [0.5, 0.6) is 11.5 Å². The zero-order chi connectivity index (χ0) is 20.0. The van der Waals surface area contributed by atoms with E-state index >= 15 is 0 Å². The maximum Gasteiger partial charge on any atom is 0.306 e. The van der Waals surface area contributed by atoms with Crippen LogP contribution >= 0.6 is 0 Å². The molecule has 0 bridgehead atoms. The van der Waals surface area contributed by atoms with Crippen LogP contribution in [0.2, 0.25) is 0 Å². The summed E-state index contributed by atoms with van der Waals surface area (Å²) in [7, 11) is 1.50. The zero-order valence-electron chi connectivity index (χ0n) is 15.4. The van der Waals surface area contributed by atoms with Crippen molar-refractivity contribution in [2.45, 2.75) is 31.9 Å². The highest BCUT2D eigenvalue weighted by atomic mass is 19.1. The summed E-state index contributed by atoms with van der Waals surface area (Å²) in [5, 5.41) is 12.0. The van der Waals surface area contributed by atoms with Gasteiger partial charge in [0.25, 0.3) is 5.91 Å². The Bertz CT molecular complexity index is 808. The number of ether oxygens (including phenoxy) is 2. The van der Waals surface area contributed by atoms with Crippen LogP contribution in [0.1, 0.15) is 25.8 Å². The maximum atomic E-state index is 13.0. The molecule has 2 rings (SSSR count). The molecule has 0 aliphatic rings. The molecule has 0 fully saturated rings. The van der Waals surface area contributed by atoms with E-state index in [1.165, 1.54) is 38.3 Å². The number of carboxylic acid groups (broad SMARTS) is 1. The number of hydrogen-bond donors (Lipinski definition) is 2. The van der Waals surface area contributed by atoms with E-state index in [0.29, 0.717) is 17.1 Å². The highest BCUT2D eigenvalue weighted by Crippen LogP contribution is 2.28. The number of halogens is 1. The van der Waals surface area contributed by atoms with Gasteiger partial charge in [-0.2, -0.15) is 0 Å². The largest absolute Gasteiger partial charge is 0.497 e. The van der Waals surface area contributed by atoms with Crippen molar-refractivity contribution >= 4 is 11.9 Å². The van der Waals surface area contributed by atoms with E-state index in [1.807, 2.05) is 0 Å². The summed E-state index contributed by atoms with van der Waals surface area (Å²) in [6.07, 6.45) is -1.23. The third kappa shape index (κ3) is 5.44. The third-order valence-electron chi connectivity index (χ3n) is 4.11. The SMILES string of the molecule is COc1cccc(C(C)(CC(=O)O)NC(=O)C(C)Oc2ccc(F)cc2)c1. The third-order valence-corrected chi connectivity index (χ3v) is 4.11. The Morgan fingerprint density at radius 1 is 1.19 bits per heavy atom. The lowest BCUT2D eigenvalue weighted by atomic mass is 9.88. The Morgan fingerprint density at radius 3 is 2.44 bits per heavy atom. The summed E-state index contributed by atoms with van der Waals surface area (Å²) in [6.45, 7) is 3.16. The molecule has 0 radical (unpaired) electrons. The Balaban J connectivity index is 2.19. The van der Waals surface area contributed by atoms with E-state index in [1.54, 1.807) is 31.2 Å². The van der Waals surface area contributed by atoms with E-state index in [-0.39, 0.29) is 6.42 Å². The number of rotatable bonds is 8. The van der Waals surface area contributed by atoms with Crippen LogP contribution in [-0.4, -0.2) is 30.2 Å². The second kappa shape index (κ2) is 8.53. The van der Waals surface area contributed by atoms with Crippen LogP contribution in [0, 0.1) is 5.82 Å². The van der Waals surface area contributed by atoms with Crippen molar-refractivity contribution in [1.29, 1.82) is 0 Å². The van der Waals surface area contributed by atoms with Crippen molar-refractivity contribution in [2.75, 3.05) is 7.11 Å².